The lowest BCUT2D eigenvalue weighted by Gasteiger charge is -2.36. The smallest absolute Gasteiger partial charge is 0.245 e. The highest BCUT2D eigenvalue weighted by molar-refractivity contribution is 5.87. The van der Waals surface area contributed by atoms with Crippen molar-refractivity contribution in [2.75, 3.05) is 32.7 Å². The molecule has 0 radical (unpaired) electrons. The minimum absolute atomic E-state index is 0.0585. The maximum Gasteiger partial charge on any atom is 0.245 e. The number of amides is 2. The van der Waals surface area contributed by atoms with Gasteiger partial charge in [0.1, 0.15) is 6.04 Å². The first-order valence-corrected chi connectivity index (χ1v) is 7.01. The molecule has 0 aromatic carbocycles. The van der Waals surface area contributed by atoms with E-state index in [0.29, 0.717) is 26.1 Å². The summed E-state index contributed by atoms with van der Waals surface area (Å²) in [5.74, 6) is -0.269. The fourth-order valence-corrected chi connectivity index (χ4v) is 2.38. The molecule has 0 aromatic rings. The Hall–Kier alpha value is -1.40. The summed E-state index contributed by atoms with van der Waals surface area (Å²) < 4.78 is 0. The molecule has 0 unspecified atom stereocenters. The third kappa shape index (κ3) is 5.30. The van der Waals surface area contributed by atoms with Gasteiger partial charge in [-0.05, 0) is 13.3 Å². The van der Waals surface area contributed by atoms with Crippen molar-refractivity contribution in [2.24, 2.45) is 0 Å². The summed E-state index contributed by atoms with van der Waals surface area (Å²) in [5, 5.41) is 12.0. The quantitative estimate of drug-likeness (QED) is 0.650. The van der Waals surface area contributed by atoms with Gasteiger partial charge >= 0.3 is 0 Å². The van der Waals surface area contributed by atoms with E-state index in [9.17, 15) is 14.7 Å². The van der Waals surface area contributed by atoms with Crippen LogP contribution in [0.1, 0.15) is 20.3 Å². The Kier molecular flexibility index (Phi) is 6.67. The van der Waals surface area contributed by atoms with Gasteiger partial charge in [0.2, 0.25) is 11.8 Å². The van der Waals surface area contributed by atoms with Gasteiger partial charge in [0.05, 0.1) is 6.10 Å². The summed E-state index contributed by atoms with van der Waals surface area (Å²) in [4.78, 5) is 27.4. The number of nitrogens with zero attached hydrogens (tertiary/aromatic N) is 2. The third-order valence-electron chi connectivity index (χ3n) is 3.28. The monoisotopic (exact) mass is 283 g/mol. The fourth-order valence-electron chi connectivity index (χ4n) is 2.38. The summed E-state index contributed by atoms with van der Waals surface area (Å²) in [5.41, 5.74) is 0. The van der Waals surface area contributed by atoms with Crippen LogP contribution in [0.4, 0.5) is 0 Å². The van der Waals surface area contributed by atoms with Gasteiger partial charge in [-0.25, -0.2) is 0 Å². The number of carbonyl (C=O) groups excluding carboxylic acids is 2. The fraction of sp³-hybridized carbons (Fsp3) is 0.714. The first-order chi connectivity index (χ1) is 9.43. The van der Waals surface area contributed by atoms with Crippen molar-refractivity contribution in [1.82, 2.24) is 15.1 Å². The van der Waals surface area contributed by atoms with Crippen molar-refractivity contribution in [3.63, 3.8) is 0 Å². The van der Waals surface area contributed by atoms with E-state index in [-0.39, 0.29) is 17.9 Å². The molecule has 6 nitrogen and oxygen atoms in total. The Morgan fingerprint density at radius 3 is 2.40 bits per heavy atom. The van der Waals surface area contributed by atoms with Gasteiger partial charge in [0.25, 0.3) is 0 Å². The second-order valence-corrected chi connectivity index (χ2v) is 5.25. The van der Waals surface area contributed by atoms with Gasteiger partial charge in [-0.15, -0.1) is 6.58 Å². The van der Waals surface area contributed by atoms with Crippen molar-refractivity contribution in [1.29, 1.82) is 0 Å². The molecule has 0 saturated carbocycles. The van der Waals surface area contributed by atoms with E-state index < -0.39 is 6.04 Å². The van der Waals surface area contributed by atoms with Crippen LogP contribution in [0, 0.1) is 0 Å². The zero-order valence-electron chi connectivity index (χ0n) is 12.3. The van der Waals surface area contributed by atoms with Gasteiger partial charge in [-0.2, -0.15) is 0 Å². The first-order valence-electron chi connectivity index (χ1n) is 7.01. The van der Waals surface area contributed by atoms with Gasteiger partial charge in [-0.3, -0.25) is 14.5 Å². The second kappa shape index (κ2) is 8.01. The Morgan fingerprint density at radius 1 is 1.35 bits per heavy atom. The van der Waals surface area contributed by atoms with Crippen molar-refractivity contribution in [3.05, 3.63) is 12.7 Å². The number of aliphatic hydroxyl groups is 1. The molecule has 20 heavy (non-hydrogen) atoms. The van der Waals surface area contributed by atoms with Crippen LogP contribution in [0.15, 0.2) is 12.7 Å². The molecule has 1 aliphatic heterocycles. The maximum atomic E-state index is 12.3. The molecule has 0 spiro atoms. The van der Waals surface area contributed by atoms with E-state index in [0.717, 1.165) is 13.1 Å². The van der Waals surface area contributed by atoms with Crippen LogP contribution >= 0.6 is 0 Å². The number of hydrogen-bond acceptors (Lipinski definition) is 4. The van der Waals surface area contributed by atoms with Crippen LogP contribution in [0.2, 0.25) is 0 Å². The Bertz CT molecular complexity index is 350. The molecule has 1 heterocycles. The number of rotatable bonds is 6. The molecule has 6 heteroatoms. The minimum atomic E-state index is -0.520. The zero-order chi connectivity index (χ0) is 15.1. The predicted molar refractivity (Wildman–Crippen MR) is 77.1 cm³/mol. The summed E-state index contributed by atoms with van der Waals surface area (Å²) in [6.07, 6.45) is 1.72. The number of piperazine rings is 1. The standard InChI is InChI=1S/C14H25N3O3/c1-4-5-13(15-12(3)19)14(20)17-8-6-16(7-9-17)10-11(2)18/h4,11,13,18H,1,5-10H2,2-3H3,(H,15,19)/t11-,13+/m0/s1. The molecule has 2 atom stereocenters. The summed E-state index contributed by atoms with van der Waals surface area (Å²) in [6.45, 7) is 10.2. The van der Waals surface area contributed by atoms with Gasteiger partial charge < -0.3 is 15.3 Å². The Morgan fingerprint density at radius 2 is 1.95 bits per heavy atom. The Labute approximate surface area is 120 Å². The van der Waals surface area contributed by atoms with Gasteiger partial charge in [0.15, 0.2) is 0 Å². The lowest BCUT2D eigenvalue weighted by atomic mass is 10.1. The number of β-amino-alcohol motifs (C(OH)–C–C–N with tert-alkyl or cyclic N) is 1. The molecular formula is C14H25N3O3. The van der Waals surface area contributed by atoms with Crippen molar-refractivity contribution >= 4 is 11.8 Å². The molecule has 1 saturated heterocycles. The number of hydrogen-bond donors (Lipinski definition) is 2. The van der Waals surface area contributed by atoms with Crippen LogP contribution in [0.5, 0.6) is 0 Å². The van der Waals surface area contributed by atoms with Crippen LogP contribution in [0.25, 0.3) is 0 Å². The lowest BCUT2D eigenvalue weighted by Crippen LogP contribution is -2.55. The summed E-state index contributed by atoms with van der Waals surface area (Å²) in [6, 6.07) is -0.520. The highest BCUT2D eigenvalue weighted by Crippen LogP contribution is 2.07. The normalized spacial score (nSPS) is 19.2. The maximum absolute atomic E-state index is 12.3. The molecule has 1 aliphatic rings. The number of carbonyl (C=O) groups is 2. The average molecular weight is 283 g/mol. The zero-order valence-corrected chi connectivity index (χ0v) is 12.3. The van der Waals surface area contributed by atoms with Gasteiger partial charge in [0, 0.05) is 39.6 Å². The van der Waals surface area contributed by atoms with Crippen molar-refractivity contribution in [2.45, 2.75) is 32.4 Å². The SMILES string of the molecule is C=CC[C@@H](NC(C)=O)C(=O)N1CCN(C[C@H](C)O)CC1. The number of aliphatic hydroxyl groups excluding tert-OH is 1. The van der Waals surface area contributed by atoms with E-state index in [2.05, 4.69) is 16.8 Å². The molecule has 0 aromatic heterocycles. The minimum Gasteiger partial charge on any atom is -0.392 e. The van der Waals surface area contributed by atoms with E-state index >= 15 is 0 Å². The highest BCUT2D eigenvalue weighted by atomic mass is 16.3. The molecule has 2 amide bonds. The van der Waals surface area contributed by atoms with E-state index in [1.807, 2.05) is 0 Å². The van der Waals surface area contributed by atoms with E-state index in [1.165, 1.54) is 6.92 Å². The lowest BCUT2D eigenvalue weighted by molar-refractivity contribution is -0.137. The molecule has 1 fully saturated rings. The van der Waals surface area contributed by atoms with Crippen LogP contribution in [0.3, 0.4) is 0 Å². The second-order valence-electron chi connectivity index (χ2n) is 5.25. The predicted octanol–water partition coefficient (Wildman–Crippen LogP) is -0.408. The third-order valence-corrected chi connectivity index (χ3v) is 3.28. The molecule has 0 bridgehead atoms. The highest BCUT2D eigenvalue weighted by Gasteiger charge is 2.27. The Balaban J connectivity index is 2.51. The molecule has 0 aliphatic carbocycles. The average Bonchev–Trinajstić information content (AvgIpc) is 2.37. The topological polar surface area (TPSA) is 72.9 Å². The largest absolute Gasteiger partial charge is 0.392 e. The van der Waals surface area contributed by atoms with E-state index in [1.54, 1.807) is 17.9 Å². The molecule has 1 rings (SSSR count). The molecule has 2 N–H and O–H groups in total. The van der Waals surface area contributed by atoms with Crippen molar-refractivity contribution in [3.8, 4) is 0 Å². The molecule has 114 valence electrons. The van der Waals surface area contributed by atoms with Crippen molar-refractivity contribution < 1.29 is 14.7 Å². The summed E-state index contributed by atoms with van der Waals surface area (Å²) in [7, 11) is 0. The number of nitrogens with one attached hydrogen (secondary N) is 1. The van der Waals surface area contributed by atoms with Crippen LogP contribution < -0.4 is 5.32 Å². The molecular weight excluding hydrogens is 258 g/mol. The van der Waals surface area contributed by atoms with Gasteiger partial charge in [-0.1, -0.05) is 6.08 Å². The van der Waals surface area contributed by atoms with E-state index in [4.69, 9.17) is 0 Å². The summed E-state index contributed by atoms with van der Waals surface area (Å²) >= 11 is 0. The van der Waals surface area contributed by atoms with Crippen LogP contribution in [-0.2, 0) is 9.59 Å². The van der Waals surface area contributed by atoms with Crippen LogP contribution in [-0.4, -0.2) is 71.6 Å². The first kappa shape index (κ1) is 16.7.